The Morgan fingerprint density at radius 3 is 2.76 bits per heavy atom. The molecule has 9 heteroatoms. The highest BCUT2D eigenvalue weighted by Gasteiger charge is 2.22. The van der Waals surface area contributed by atoms with Gasteiger partial charge in [0.15, 0.2) is 11.5 Å². The average Bonchev–Trinajstić information content (AvgIpc) is 3.22. The minimum absolute atomic E-state index is 0.0161. The first-order valence-corrected chi connectivity index (χ1v) is 9.45. The Morgan fingerprint density at radius 1 is 1.24 bits per heavy atom. The Labute approximate surface area is 145 Å². The second-order valence-electron chi connectivity index (χ2n) is 5.48. The topological polar surface area (TPSA) is 98.1 Å². The molecule has 1 amide bonds. The normalized spacial score (nSPS) is 12.8. The Morgan fingerprint density at radius 2 is 2.04 bits per heavy atom. The maximum atomic E-state index is 12.1. The highest BCUT2D eigenvalue weighted by atomic mass is 32.2. The lowest BCUT2D eigenvalue weighted by Crippen LogP contribution is -2.34. The summed E-state index contributed by atoms with van der Waals surface area (Å²) in [5, 5.41) is 2.69. The first kappa shape index (κ1) is 17.2. The molecular weight excluding hydrogens is 348 g/mol. The molecule has 25 heavy (non-hydrogen) atoms. The number of nitrogens with one attached hydrogen (secondary N) is 1. The van der Waals surface area contributed by atoms with Gasteiger partial charge in [-0.1, -0.05) is 0 Å². The van der Waals surface area contributed by atoms with Crippen molar-refractivity contribution in [2.45, 2.75) is 13.0 Å². The molecule has 0 fully saturated rings. The van der Waals surface area contributed by atoms with E-state index in [0.29, 0.717) is 22.9 Å². The van der Waals surface area contributed by atoms with Gasteiger partial charge in [0.1, 0.15) is 5.76 Å². The van der Waals surface area contributed by atoms with Gasteiger partial charge in [0, 0.05) is 19.0 Å². The largest absolute Gasteiger partial charge is 0.467 e. The van der Waals surface area contributed by atoms with E-state index >= 15 is 0 Å². The number of fused-ring (bicyclic) bond motifs is 1. The average molecular weight is 366 g/mol. The lowest BCUT2D eigenvalue weighted by molar-refractivity contribution is -0.121. The van der Waals surface area contributed by atoms with Crippen LogP contribution < -0.4 is 19.1 Å². The van der Waals surface area contributed by atoms with Gasteiger partial charge in [-0.25, -0.2) is 8.42 Å². The number of furan rings is 1. The molecule has 0 saturated heterocycles. The molecule has 0 bridgehead atoms. The van der Waals surface area contributed by atoms with Gasteiger partial charge in [-0.15, -0.1) is 0 Å². The minimum Gasteiger partial charge on any atom is -0.467 e. The molecule has 1 aromatic heterocycles. The first-order chi connectivity index (χ1) is 11.9. The molecule has 2 aromatic rings. The zero-order chi connectivity index (χ0) is 17.9. The Bertz CT molecular complexity index is 848. The lowest BCUT2D eigenvalue weighted by atomic mass is 10.2. The number of carbonyl (C=O) groups is 1. The maximum absolute atomic E-state index is 12.1. The zero-order valence-corrected chi connectivity index (χ0v) is 14.4. The number of benzene rings is 1. The van der Waals surface area contributed by atoms with E-state index in [2.05, 4.69) is 5.32 Å². The van der Waals surface area contributed by atoms with Gasteiger partial charge in [-0.05, 0) is 24.3 Å². The summed E-state index contributed by atoms with van der Waals surface area (Å²) in [6.07, 6.45) is 2.63. The Balaban J connectivity index is 1.64. The monoisotopic (exact) mass is 366 g/mol. The van der Waals surface area contributed by atoms with Crippen molar-refractivity contribution in [2.75, 3.05) is 23.9 Å². The summed E-state index contributed by atoms with van der Waals surface area (Å²) < 4.78 is 41.0. The van der Waals surface area contributed by atoms with Gasteiger partial charge in [-0.2, -0.15) is 0 Å². The molecule has 1 N–H and O–H groups in total. The summed E-state index contributed by atoms with van der Waals surface area (Å²) in [6, 6.07) is 8.33. The molecule has 0 radical (unpaired) electrons. The van der Waals surface area contributed by atoms with Gasteiger partial charge in [0.2, 0.25) is 22.7 Å². The first-order valence-electron chi connectivity index (χ1n) is 7.60. The third-order valence-electron chi connectivity index (χ3n) is 3.63. The van der Waals surface area contributed by atoms with Crippen LogP contribution in [0.15, 0.2) is 41.0 Å². The summed E-state index contributed by atoms with van der Waals surface area (Å²) >= 11 is 0. The second-order valence-corrected chi connectivity index (χ2v) is 7.39. The summed E-state index contributed by atoms with van der Waals surface area (Å²) in [4.78, 5) is 12.0. The van der Waals surface area contributed by atoms with E-state index in [0.717, 1.165) is 6.26 Å². The van der Waals surface area contributed by atoms with Gasteiger partial charge in [0.25, 0.3) is 0 Å². The smallest absolute Gasteiger partial charge is 0.232 e. The second kappa shape index (κ2) is 7.06. The van der Waals surface area contributed by atoms with Crippen LogP contribution in [-0.2, 0) is 21.4 Å². The van der Waals surface area contributed by atoms with Crippen LogP contribution in [0.1, 0.15) is 12.2 Å². The summed E-state index contributed by atoms with van der Waals surface area (Å²) in [5.74, 6) is 1.40. The molecule has 1 aromatic carbocycles. The summed E-state index contributed by atoms with van der Waals surface area (Å²) in [7, 11) is -3.55. The van der Waals surface area contributed by atoms with Crippen molar-refractivity contribution in [1.29, 1.82) is 0 Å². The fourth-order valence-electron chi connectivity index (χ4n) is 2.42. The molecule has 134 valence electrons. The molecule has 1 aliphatic heterocycles. The minimum atomic E-state index is -3.55. The number of sulfonamides is 1. The number of amides is 1. The number of carbonyl (C=O) groups excluding carboxylic acids is 1. The van der Waals surface area contributed by atoms with Crippen LogP contribution in [0.3, 0.4) is 0 Å². The zero-order valence-electron chi connectivity index (χ0n) is 13.6. The van der Waals surface area contributed by atoms with Crippen molar-refractivity contribution in [3.8, 4) is 11.5 Å². The third kappa shape index (κ3) is 4.24. The fraction of sp³-hybridized carbons (Fsp3) is 0.312. The quantitative estimate of drug-likeness (QED) is 0.797. The van der Waals surface area contributed by atoms with E-state index in [1.807, 2.05) is 0 Å². The van der Waals surface area contributed by atoms with Gasteiger partial charge in [0.05, 0.1) is 24.8 Å². The number of hydrogen-bond acceptors (Lipinski definition) is 6. The van der Waals surface area contributed by atoms with Crippen molar-refractivity contribution < 1.29 is 27.1 Å². The fourth-order valence-corrected chi connectivity index (χ4v) is 3.34. The van der Waals surface area contributed by atoms with E-state index in [1.54, 1.807) is 30.3 Å². The van der Waals surface area contributed by atoms with Crippen molar-refractivity contribution >= 4 is 21.6 Å². The summed E-state index contributed by atoms with van der Waals surface area (Å²) in [5.41, 5.74) is 0.422. The highest BCUT2D eigenvalue weighted by Crippen LogP contribution is 2.36. The number of ether oxygens (including phenoxy) is 2. The highest BCUT2D eigenvalue weighted by molar-refractivity contribution is 7.92. The number of nitrogens with zero attached hydrogens (tertiary/aromatic N) is 1. The molecule has 0 unspecified atom stereocenters. The van der Waals surface area contributed by atoms with Gasteiger partial charge >= 0.3 is 0 Å². The van der Waals surface area contributed by atoms with Crippen LogP contribution in [0.25, 0.3) is 0 Å². The molecule has 0 saturated carbocycles. The SMILES string of the molecule is CS(=O)(=O)N(CCC(=O)NCc1ccco1)c1ccc2c(c1)OCO2. The van der Waals surface area contributed by atoms with Crippen molar-refractivity contribution in [3.05, 3.63) is 42.4 Å². The van der Waals surface area contributed by atoms with Crippen LogP contribution in [0, 0.1) is 0 Å². The third-order valence-corrected chi connectivity index (χ3v) is 4.82. The van der Waals surface area contributed by atoms with E-state index in [9.17, 15) is 13.2 Å². The number of hydrogen-bond donors (Lipinski definition) is 1. The van der Waals surface area contributed by atoms with Crippen molar-refractivity contribution in [1.82, 2.24) is 5.32 Å². The molecule has 2 heterocycles. The van der Waals surface area contributed by atoms with Crippen LogP contribution >= 0.6 is 0 Å². The van der Waals surface area contributed by atoms with Gasteiger partial charge in [-0.3, -0.25) is 9.10 Å². The van der Waals surface area contributed by atoms with E-state index in [1.165, 1.54) is 10.6 Å². The summed E-state index contributed by atoms with van der Waals surface area (Å²) in [6.45, 7) is 0.379. The number of anilines is 1. The molecular formula is C16H18N2O6S. The molecule has 0 aliphatic carbocycles. The molecule has 0 spiro atoms. The van der Waals surface area contributed by atoms with Crippen molar-refractivity contribution in [3.63, 3.8) is 0 Å². The van der Waals surface area contributed by atoms with Gasteiger partial charge < -0.3 is 19.2 Å². The van der Waals surface area contributed by atoms with E-state index in [4.69, 9.17) is 13.9 Å². The Hall–Kier alpha value is -2.68. The van der Waals surface area contributed by atoms with E-state index < -0.39 is 10.0 Å². The van der Waals surface area contributed by atoms with E-state index in [-0.39, 0.29) is 32.2 Å². The van der Waals surface area contributed by atoms with Crippen LogP contribution in [0.4, 0.5) is 5.69 Å². The van der Waals surface area contributed by atoms with Crippen LogP contribution in [-0.4, -0.2) is 33.9 Å². The predicted molar refractivity (Wildman–Crippen MR) is 89.9 cm³/mol. The standard InChI is InChI=1S/C16H18N2O6S/c1-25(20,21)18(12-4-5-14-15(9-12)24-11-23-14)7-6-16(19)17-10-13-3-2-8-22-13/h2-5,8-9H,6-7,10-11H2,1H3,(H,17,19). The predicted octanol–water partition coefficient (Wildman–Crippen LogP) is 1.48. The molecule has 8 nitrogen and oxygen atoms in total. The van der Waals surface area contributed by atoms with Crippen molar-refractivity contribution in [2.24, 2.45) is 0 Å². The Kier molecular flexibility index (Phi) is 4.84. The molecule has 3 rings (SSSR count). The van der Waals surface area contributed by atoms with Crippen LogP contribution in [0.2, 0.25) is 0 Å². The maximum Gasteiger partial charge on any atom is 0.232 e. The lowest BCUT2D eigenvalue weighted by Gasteiger charge is -2.22. The molecule has 1 aliphatic rings. The number of rotatable bonds is 7. The molecule has 0 atom stereocenters. The van der Waals surface area contributed by atoms with Crippen LogP contribution in [0.5, 0.6) is 11.5 Å².